The van der Waals surface area contributed by atoms with Gasteiger partial charge in [0, 0.05) is 25.4 Å². The summed E-state index contributed by atoms with van der Waals surface area (Å²) in [6, 6.07) is 0. The van der Waals surface area contributed by atoms with E-state index in [-0.39, 0.29) is 0 Å². The zero-order valence-electron chi connectivity index (χ0n) is 7.71. The molecule has 0 heterocycles. The van der Waals surface area contributed by atoms with Gasteiger partial charge >= 0.3 is 0 Å². The van der Waals surface area contributed by atoms with Crippen molar-refractivity contribution in [3.05, 3.63) is 0 Å². The first-order chi connectivity index (χ1) is 5.20. The van der Waals surface area contributed by atoms with Crippen LogP contribution in [0.2, 0.25) is 0 Å². The average Bonchev–Trinajstić information content (AvgIpc) is 2.00. The highest BCUT2D eigenvalue weighted by atomic mass is 32.2. The fourth-order valence-corrected chi connectivity index (χ4v) is 1.42. The monoisotopic (exact) mass is 177 g/mol. The molecule has 0 rings (SSSR count). The number of aliphatic hydroxyl groups is 1. The minimum atomic E-state index is 0.295. The second kappa shape index (κ2) is 6.95. The van der Waals surface area contributed by atoms with Gasteiger partial charge in [0.2, 0.25) is 0 Å². The highest BCUT2D eigenvalue weighted by Gasteiger charge is 2.03. The normalized spacial score (nSPS) is 13.9. The molecule has 0 aliphatic heterocycles. The van der Waals surface area contributed by atoms with E-state index >= 15 is 0 Å². The van der Waals surface area contributed by atoms with Crippen molar-refractivity contribution in [2.75, 3.05) is 38.8 Å². The average molecular weight is 177 g/mol. The van der Waals surface area contributed by atoms with Gasteiger partial charge in [-0.05, 0) is 19.2 Å². The quantitative estimate of drug-likeness (QED) is 0.652. The Bertz CT molecular complexity index is 90.2. The van der Waals surface area contributed by atoms with E-state index in [2.05, 4.69) is 25.1 Å². The summed E-state index contributed by atoms with van der Waals surface area (Å²) in [5, 5.41) is 8.78. The van der Waals surface area contributed by atoms with Crippen molar-refractivity contribution in [2.45, 2.75) is 6.92 Å². The Kier molecular flexibility index (Phi) is 7.12. The van der Waals surface area contributed by atoms with Crippen LogP contribution in [-0.2, 0) is 0 Å². The molecule has 0 saturated carbocycles. The van der Waals surface area contributed by atoms with Crippen LogP contribution in [0, 0.1) is 5.92 Å². The molecule has 68 valence electrons. The second-order valence-electron chi connectivity index (χ2n) is 3.04. The first kappa shape index (κ1) is 11.3. The van der Waals surface area contributed by atoms with Gasteiger partial charge in [0.1, 0.15) is 0 Å². The zero-order chi connectivity index (χ0) is 8.69. The number of aliphatic hydroxyl groups excluding tert-OH is 1. The van der Waals surface area contributed by atoms with Gasteiger partial charge in [0.25, 0.3) is 0 Å². The van der Waals surface area contributed by atoms with Crippen molar-refractivity contribution in [1.29, 1.82) is 0 Å². The molecule has 0 aliphatic carbocycles. The first-order valence-electron chi connectivity index (χ1n) is 3.99. The van der Waals surface area contributed by atoms with E-state index in [1.54, 1.807) is 0 Å². The Labute approximate surface area is 74.0 Å². The molecular weight excluding hydrogens is 158 g/mol. The van der Waals surface area contributed by atoms with E-state index < -0.39 is 0 Å². The number of rotatable bonds is 6. The molecule has 0 bridgehead atoms. The maximum absolute atomic E-state index is 8.78. The standard InChI is InChI=1S/C8H19NOS/c1-8(7-10)6-9(2)4-5-11-3/h8,10H,4-7H2,1-3H3. The van der Waals surface area contributed by atoms with Crippen molar-refractivity contribution in [2.24, 2.45) is 5.92 Å². The highest BCUT2D eigenvalue weighted by molar-refractivity contribution is 7.98. The van der Waals surface area contributed by atoms with Gasteiger partial charge in [-0.2, -0.15) is 11.8 Å². The molecule has 0 saturated heterocycles. The fraction of sp³-hybridized carbons (Fsp3) is 1.00. The van der Waals surface area contributed by atoms with Gasteiger partial charge in [0.05, 0.1) is 0 Å². The fourth-order valence-electron chi connectivity index (χ4n) is 0.928. The molecule has 0 amide bonds. The summed E-state index contributed by atoms with van der Waals surface area (Å²) < 4.78 is 0. The number of hydrogen-bond acceptors (Lipinski definition) is 3. The maximum atomic E-state index is 8.78. The van der Waals surface area contributed by atoms with Crippen molar-refractivity contribution >= 4 is 11.8 Å². The third-order valence-corrected chi connectivity index (χ3v) is 2.20. The van der Waals surface area contributed by atoms with Crippen LogP contribution in [0.25, 0.3) is 0 Å². The van der Waals surface area contributed by atoms with Gasteiger partial charge < -0.3 is 10.0 Å². The van der Waals surface area contributed by atoms with E-state index in [1.807, 2.05) is 11.8 Å². The Morgan fingerprint density at radius 2 is 2.18 bits per heavy atom. The molecular formula is C8H19NOS. The van der Waals surface area contributed by atoms with Crippen LogP contribution < -0.4 is 0 Å². The van der Waals surface area contributed by atoms with Gasteiger partial charge in [-0.3, -0.25) is 0 Å². The summed E-state index contributed by atoms with van der Waals surface area (Å²) in [6.07, 6.45) is 2.11. The zero-order valence-corrected chi connectivity index (χ0v) is 8.52. The molecule has 0 aliphatic rings. The van der Waals surface area contributed by atoms with E-state index in [9.17, 15) is 0 Å². The first-order valence-corrected chi connectivity index (χ1v) is 5.38. The highest BCUT2D eigenvalue weighted by Crippen LogP contribution is 1.98. The molecule has 0 fully saturated rings. The van der Waals surface area contributed by atoms with E-state index in [0.29, 0.717) is 12.5 Å². The van der Waals surface area contributed by atoms with Crippen molar-refractivity contribution in [3.8, 4) is 0 Å². The lowest BCUT2D eigenvalue weighted by atomic mass is 10.2. The Morgan fingerprint density at radius 3 is 2.64 bits per heavy atom. The summed E-state index contributed by atoms with van der Waals surface area (Å²) in [5.41, 5.74) is 0. The van der Waals surface area contributed by atoms with Crippen LogP contribution in [0.1, 0.15) is 6.92 Å². The van der Waals surface area contributed by atoms with Gasteiger partial charge in [-0.25, -0.2) is 0 Å². The number of nitrogens with zero attached hydrogens (tertiary/aromatic N) is 1. The lowest BCUT2D eigenvalue weighted by Gasteiger charge is -2.19. The van der Waals surface area contributed by atoms with Crippen LogP contribution in [-0.4, -0.2) is 48.8 Å². The van der Waals surface area contributed by atoms with E-state index in [4.69, 9.17) is 5.11 Å². The van der Waals surface area contributed by atoms with Crippen LogP contribution in [0.15, 0.2) is 0 Å². The molecule has 2 nitrogen and oxygen atoms in total. The molecule has 1 unspecified atom stereocenters. The molecule has 0 aromatic heterocycles. The van der Waals surface area contributed by atoms with E-state index in [1.165, 1.54) is 5.75 Å². The number of hydrogen-bond donors (Lipinski definition) is 1. The molecule has 0 aromatic rings. The summed E-state index contributed by atoms with van der Waals surface area (Å²) in [4.78, 5) is 2.26. The minimum Gasteiger partial charge on any atom is -0.396 e. The molecule has 3 heteroatoms. The lowest BCUT2D eigenvalue weighted by molar-refractivity contribution is 0.195. The smallest absolute Gasteiger partial charge is 0.0468 e. The van der Waals surface area contributed by atoms with Crippen LogP contribution in [0.3, 0.4) is 0 Å². The second-order valence-corrected chi connectivity index (χ2v) is 4.03. The summed E-state index contributed by atoms with van der Waals surface area (Å²) >= 11 is 1.86. The van der Waals surface area contributed by atoms with E-state index in [0.717, 1.165) is 13.1 Å². The third-order valence-electron chi connectivity index (χ3n) is 1.61. The van der Waals surface area contributed by atoms with Gasteiger partial charge in [-0.15, -0.1) is 0 Å². The molecule has 0 radical (unpaired) electrons. The summed E-state index contributed by atoms with van der Waals surface area (Å²) in [7, 11) is 2.10. The predicted molar refractivity (Wildman–Crippen MR) is 52.1 cm³/mol. The van der Waals surface area contributed by atoms with Crippen molar-refractivity contribution in [1.82, 2.24) is 4.90 Å². The summed E-state index contributed by atoms with van der Waals surface area (Å²) in [6.45, 7) is 4.47. The van der Waals surface area contributed by atoms with Gasteiger partial charge in [-0.1, -0.05) is 6.92 Å². The topological polar surface area (TPSA) is 23.5 Å². The molecule has 0 aromatic carbocycles. The van der Waals surface area contributed by atoms with Crippen LogP contribution in [0.4, 0.5) is 0 Å². The van der Waals surface area contributed by atoms with Gasteiger partial charge in [0.15, 0.2) is 0 Å². The van der Waals surface area contributed by atoms with Crippen LogP contribution in [0.5, 0.6) is 0 Å². The maximum Gasteiger partial charge on any atom is 0.0468 e. The lowest BCUT2D eigenvalue weighted by Crippen LogP contribution is -2.28. The molecule has 1 atom stereocenters. The Hall–Kier alpha value is 0.270. The van der Waals surface area contributed by atoms with Crippen molar-refractivity contribution in [3.63, 3.8) is 0 Å². The third kappa shape index (κ3) is 6.66. The largest absolute Gasteiger partial charge is 0.396 e. The summed E-state index contributed by atoms with van der Waals surface area (Å²) in [5.74, 6) is 1.58. The number of thioether (sulfide) groups is 1. The SMILES string of the molecule is CSCCN(C)CC(C)CO. The van der Waals surface area contributed by atoms with Crippen molar-refractivity contribution < 1.29 is 5.11 Å². The minimum absolute atomic E-state index is 0.295. The Balaban J connectivity index is 3.27. The van der Waals surface area contributed by atoms with Crippen LogP contribution >= 0.6 is 11.8 Å². The molecule has 1 N–H and O–H groups in total. The predicted octanol–water partition coefficient (Wildman–Crippen LogP) is 0.910. The molecule has 0 spiro atoms. The Morgan fingerprint density at radius 1 is 1.55 bits per heavy atom. The molecule has 11 heavy (non-hydrogen) atoms.